The molecule has 5 heteroatoms. The number of amides is 1. The maximum Gasteiger partial charge on any atom is 0.258 e. The Labute approximate surface area is 129 Å². The van der Waals surface area contributed by atoms with Crippen LogP contribution in [0.15, 0.2) is 40.8 Å². The molecule has 0 aliphatic carbocycles. The third-order valence-electron chi connectivity index (χ3n) is 3.26. The van der Waals surface area contributed by atoms with Gasteiger partial charge >= 0.3 is 0 Å². The van der Waals surface area contributed by atoms with Gasteiger partial charge in [-0.1, -0.05) is 12.1 Å². The second-order valence-corrected chi connectivity index (χ2v) is 5.57. The van der Waals surface area contributed by atoms with Crippen LogP contribution in [-0.2, 0) is 10.4 Å². The Morgan fingerprint density at radius 2 is 2.09 bits per heavy atom. The normalized spacial score (nSPS) is 13.5. The molecule has 118 valence electrons. The summed E-state index contributed by atoms with van der Waals surface area (Å²) in [4.78, 5) is 11.8. The highest BCUT2D eigenvalue weighted by Gasteiger charge is 2.27. The molecule has 1 aromatic carbocycles. The standard InChI is InChI=1S/C17H21NO4/c1-12-5-4-6-14(9-12)21-10-16(19)18-11-17(3,20)15-8-7-13(2)22-15/h4-9,20H,10-11H2,1-3H3,(H,18,19). The number of carbonyl (C=O) groups is 1. The van der Waals surface area contributed by atoms with Crippen molar-refractivity contribution in [2.24, 2.45) is 0 Å². The van der Waals surface area contributed by atoms with Gasteiger partial charge in [0.15, 0.2) is 6.61 Å². The molecule has 1 amide bonds. The molecule has 0 aliphatic rings. The summed E-state index contributed by atoms with van der Waals surface area (Å²) in [6.07, 6.45) is 0. The van der Waals surface area contributed by atoms with Gasteiger partial charge in [-0.2, -0.15) is 0 Å². The van der Waals surface area contributed by atoms with Gasteiger partial charge in [-0.05, 0) is 50.6 Å². The van der Waals surface area contributed by atoms with Crippen LogP contribution in [0.1, 0.15) is 24.0 Å². The Hall–Kier alpha value is -2.27. The van der Waals surface area contributed by atoms with Crippen LogP contribution in [0.2, 0.25) is 0 Å². The number of rotatable bonds is 6. The molecule has 2 rings (SSSR count). The van der Waals surface area contributed by atoms with Crippen LogP contribution in [0.5, 0.6) is 5.75 Å². The predicted molar refractivity (Wildman–Crippen MR) is 82.7 cm³/mol. The molecule has 2 N–H and O–H groups in total. The van der Waals surface area contributed by atoms with E-state index in [4.69, 9.17) is 9.15 Å². The van der Waals surface area contributed by atoms with Crippen molar-refractivity contribution < 1.29 is 19.1 Å². The predicted octanol–water partition coefficient (Wildman–Crippen LogP) is 2.30. The fourth-order valence-electron chi connectivity index (χ4n) is 1.99. The number of ether oxygens (including phenoxy) is 1. The van der Waals surface area contributed by atoms with Crippen molar-refractivity contribution in [3.8, 4) is 5.75 Å². The van der Waals surface area contributed by atoms with Crippen molar-refractivity contribution in [3.63, 3.8) is 0 Å². The lowest BCUT2D eigenvalue weighted by Crippen LogP contribution is -2.40. The van der Waals surface area contributed by atoms with Crippen LogP contribution < -0.4 is 10.1 Å². The molecular formula is C17H21NO4. The summed E-state index contributed by atoms with van der Waals surface area (Å²) in [5.41, 5.74) is -0.193. The lowest BCUT2D eigenvalue weighted by molar-refractivity contribution is -0.124. The zero-order chi connectivity index (χ0) is 16.2. The lowest BCUT2D eigenvalue weighted by atomic mass is 10.0. The molecule has 22 heavy (non-hydrogen) atoms. The summed E-state index contributed by atoms with van der Waals surface area (Å²) in [6.45, 7) is 5.29. The van der Waals surface area contributed by atoms with E-state index in [0.717, 1.165) is 5.56 Å². The number of benzene rings is 1. The monoisotopic (exact) mass is 303 g/mol. The maximum absolute atomic E-state index is 11.8. The Kier molecular flexibility index (Phi) is 4.88. The van der Waals surface area contributed by atoms with E-state index in [9.17, 15) is 9.90 Å². The summed E-state index contributed by atoms with van der Waals surface area (Å²) < 4.78 is 10.8. The number of aryl methyl sites for hydroxylation is 2. The molecule has 1 heterocycles. The quantitative estimate of drug-likeness (QED) is 0.859. The van der Waals surface area contributed by atoms with Gasteiger partial charge in [0.25, 0.3) is 5.91 Å². The smallest absolute Gasteiger partial charge is 0.258 e. The molecule has 5 nitrogen and oxygen atoms in total. The third-order valence-corrected chi connectivity index (χ3v) is 3.26. The summed E-state index contributed by atoms with van der Waals surface area (Å²) in [7, 11) is 0. The second-order valence-electron chi connectivity index (χ2n) is 5.57. The number of furan rings is 1. The van der Waals surface area contributed by atoms with E-state index >= 15 is 0 Å². The van der Waals surface area contributed by atoms with Gasteiger partial charge in [-0.15, -0.1) is 0 Å². The van der Waals surface area contributed by atoms with E-state index in [0.29, 0.717) is 17.3 Å². The molecule has 1 atom stereocenters. The Bertz CT molecular complexity index is 646. The van der Waals surface area contributed by atoms with E-state index in [-0.39, 0.29) is 19.1 Å². The minimum Gasteiger partial charge on any atom is -0.484 e. The highest BCUT2D eigenvalue weighted by Crippen LogP contribution is 2.21. The number of hydrogen-bond donors (Lipinski definition) is 2. The van der Waals surface area contributed by atoms with Crippen LogP contribution >= 0.6 is 0 Å². The summed E-state index contributed by atoms with van der Waals surface area (Å²) in [6, 6.07) is 10.9. The van der Waals surface area contributed by atoms with Crippen LogP contribution in [0.3, 0.4) is 0 Å². The molecule has 0 bridgehead atoms. The van der Waals surface area contributed by atoms with Gasteiger partial charge in [0.2, 0.25) is 0 Å². The Balaban J connectivity index is 1.82. The Morgan fingerprint density at radius 3 is 2.73 bits per heavy atom. The maximum atomic E-state index is 11.8. The van der Waals surface area contributed by atoms with Gasteiger partial charge in [0.1, 0.15) is 22.9 Å². The molecule has 2 aromatic rings. The van der Waals surface area contributed by atoms with Crippen LogP contribution in [-0.4, -0.2) is 24.2 Å². The second kappa shape index (κ2) is 6.66. The van der Waals surface area contributed by atoms with Crippen molar-refractivity contribution in [3.05, 3.63) is 53.5 Å². The number of nitrogens with one attached hydrogen (secondary N) is 1. The fraction of sp³-hybridized carbons (Fsp3) is 0.353. The molecule has 0 saturated heterocycles. The Morgan fingerprint density at radius 1 is 1.32 bits per heavy atom. The van der Waals surface area contributed by atoms with Crippen LogP contribution in [0.25, 0.3) is 0 Å². The summed E-state index contributed by atoms with van der Waals surface area (Å²) in [5, 5.41) is 13.0. The van der Waals surface area contributed by atoms with Gasteiger partial charge in [-0.3, -0.25) is 4.79 Å². The van der Waals surface area contributed by atoms with E-state index < -0.39 is 5.60 Å². The first-order valence-electron chi connectivity index (χ1n) is 7.12. The van der Waals surface area contributed by atoms with Gasteiger partial charge in [0.05, 0.1) is 6.54 Å². The first-order valence-corrected chi connectivity index (χ1v) is 7.12. The molecule has 0 aliphatic heterocycles. The van der Waals surface area contributed by atoms with E-state index in [1.165, 1.54) is 0 Å². The number of hydrogen-bond acceptors (Lipinski definition) is 4. The first-order chi connectivity index (χ1) is 10.4. The summed E-state index contributed by atoms with van der Waals surface area (Å²) >= 11 is 0. The molecule has 0 saturated carbocycles. The minimum atomic E-state index is -1.26. The van der Waals surface area contributed by atoms with Gasteiger partial charge in [0, 0.05) is 0 Å². The zero-order valence-corrected chi connectivity index (χ0v) is 13.1. The topological polar surface area (TPSA) is 71.7 Å². The average molecular weight is 303 g/mol. The highest BCUT2D eigenvalue weighted by molar-refractivity contribution is 5.77. The number of carbonyl (C=O) groups excluding carboxylic acids is 1. The van der Waals surface area contributed by atoms with Crippen molar-refractivity contribution in [1.29, 1.82) is 0 Å². The molecule has 0 fully saturated rings. The number of aliphatic hydroxyl groups is 1. The fourth-order valence-corrected chi connectivity index (χ4v) is 1.99. The SMILES string of the molecule is Cc1cccc(OCC(=O)NCC(C)(O)c2ccc(C)o2)c1. The average Bonchev–Trinajstić information content (AvgIpc) is 2.91. The van der Waals surface area contributed by atoms with Crippen LogP contribution in [0.4, 0.5) is 0 Å². The lowest BCUT2D eigenvalue weighted by Gasteiger charge is -2.21. The third kappa shape index (κ3) is 4.36. The summed E-state index contributed by atoms with van der Waals surface area (Å²) in [5.74, 6) is 1.47. The largest absolute Gasteiger partial charge is 0.484 e. The molecule has 1 aromatic heterocycles. The first kappa shape index (κ1) is 16.1. The highest BCUT2D eigenvalue weighted by atomic mass is 16.5. The van der Waals surface area contributed by atoms with Gasteiger partial charge in [-0.25, -0.2) is 0 Å². The van der Waals surface area contributed by atoms with E-state index in [1.54, 1.807) is 32.0 Å². The molecule has 1 unspecified atom stereocenters. The molecule has 0 radical (unpaired) electrons. The van der Waals surface area contributed by atoms with Crippen molar-refractivity contribution >= 4 is 5.91 Å². The van der Waals surface area contributed by atoms with E-state index in [1.807, 2.05) is 25.1 Å². The minimum absolute atomic E-state index is 0.0516. The van der Waals surface area contributed by atoms with E-state index in [2.05, 4.69) is 5.32 Å². The molecular weight excluding hydrogens is 282 g/mol. The zero-order valence-electron chi connectivity index (χ0n) is 13.1. The van der Waals surface area contributed by atoms with Crippen molar-refractivity contribution in [1.82, 2.24) is 5.32 Å². The molecule has 0 spiro atoms. The van der Waals surface area contributed by atoms with Crippen LogP contribution in [0, 0.1) is 13.8 Å². The van der Waals surface area contributed by atoms with Crippen molar-refractivity contribution in [2.45, 2.75) is 26.4 Å². The van der Waals surface area contributed by atoms with Gasteiger partial charge < -0.3 is 19.6 Å². The van der Waals surface area contributed by atoms with Crippen molar-refractivity contribution in [2.75, 3.05) is 13.2 Å².